The summed E-state index contributed by atoms with van der Waals surface area (Å²) in [5.41, 5.74) is 0.958. The van der Waals surface area contributed by atoms with Crippen LogP contribution >= 0.6 is 11.6 Å². The Hall–Kier alpha value is -2.40. The zero-order chi connectivity index (χ0) is 15.9. The van der Waals surface area contributed by atoms with Gasteiger partial charge in [-0.05, 0) is 30.2 Å². The van der Waals surface area contributed by atoms with E-state index in [0.717, 1.165) is 11.6 Å². The molecule has 0 unspecified atom stereocenters. The summed E-state index contributed by atoms with van der Waals surface area (Å²) in [6, 6.07) is 13.3. The van der Waals surface area contributed by atoms with Gasteiger partial charge in [0.05, 0.1) is 5.69 Å². The van der Waals surface area contributed by atoms with Crippen LogP contribution in [0, 0.1) is 5.82 Å². The summed E-state index contributed by atoms with van der Waals surface area (Å²) in [6.45, 7) is 0.319. The molecule has 2 N–H and O–H groups in total. The molecule has 0 aliphatic carbocycles. The number of nitrogens with one attached hydrogen (secondary N) is 2. The molecule has 0 aliphatic rings. The monoisotopic (exact) mass is 320 g/mol. The first-order valence-electron chi connectivity index (χ1n) is 6.64. The maximum atomic E-state index is 13.5. The number of benzene rings is 2. The third-order valence-electron chi connectivity index (χ3n) is 2.93. The maximum absolute atomic E-state index is 13.5. The summed E-state index contributed by atoms with van der Waals surface area (Å²) in [6.07, 6.45) is 0.606. The number of carbonyl (C=O) groups is 2. The molecule has 0 radical (unpaired) electrons. The third-order valence-corrected chi connectivity index (χ3v) is 3.16. The van der Waals surface area contributed by atoms with Gasteiger partial charge in [-0.15, -0.1) is 0 Å². The summed E-state index contributed by atoms with van der Waals surface area (Å²) >= 11 is 5.61. The van der Waals surface area contributed by atoms with Crippen LogP contribution in [0.4, 0.5) is 10.1 Å². The van der Waals surface area contributed by atoms with Crippen LogP contribution in [0.15, 0.2) is 48.5 Å². The summed E-state index contributed by atoms with van der Waals surface area (Å²) < 4.78 is 13.5. The van der Waals surface area contributed by atoms with Crippen LogP contribution in [0.3, 0.4) is 0 Å². The maximum Gasteiger partial charge on any atom is 0.313 e. The molecule has 0 aliphatic heterocycles. The SMILES string of the molecule is O=C(NCCc1ccccc1)C(=O)Nc1ccc(Cl)cc1F. The van der Waals surface area contributed by atoms with Gasteiger partial charge in [0.25, 0.3) is 0 Å². The highest BCUT2D eigenvalue weighted by Crippen LogP contribution is 2.18. The van der Waals surface area contributed by atoms with E-state index < -0.39 is 17.6 Å². The zero-order valence-electron chi connectivity index (χ0n) is 11.6. The number of hydrogen-bond donors (Lipinski definition) is 2. The molecule has 0 heterocycles. The molecular formula is C16H14ClFN2O2. The first kappa shape index (κ1) is 16.0. The predicted octanol–water partition coefficient (Wildman–Crippen LogP) is 2.78. The zero-order valence-corrected chi connectivity index (χ0v) is 12.4. The fraction of sp³-hybridized carbons (Fsp3) is 0.125. The van der Waals surface area contributed by atoms with Gasteiger partial charge < -0.3 is 10.6 Å². The second-order valence-electron chi connectivity index (χ2n) is 4.57. The minimum atomic E-state index is -0.922. The first-order chi connectivity index (χ1) is 10.6. The van der Waals surface area contributed by atoms with E-state index >= 15 is 0 Å². The van der Waals surface area contributed by atoms with Gasteiger partial charge in [-0.2, -0.15) is 0 Å². The molecule has 2 rings (SSSR count). The second kappa shape index (κ2) is 7.56. The normalized spacial score (nSPS) is 10.1. The Morgan fingerprint density at radius 1 is 1.05 bits per heavy atom. The standard InChI is InChI=1S/C16H14ClFN2O2/c17-12-6-7-14(13(18)10-12)20-16(22)15(21)19-9-8-11-4-2-1-3-5-11/h1-7,10H,8-9H2,(H,19,21)(H,20,22). The Bertz CT molecular complexity index is 677. The summed E-state index contributed by atoms with van der Waals surface area (Å²) in [4.78, 5) is 23.3. The lowest BCUT2D eigenvalue weighted by atomic mass is 10.1. The van der Waals surface area contributed by atoms with Crippen LogP contribution in [0.5, 0.6) is 0 Å². The summed E-state index contributed by atoms with van der Waals surface area (Å²) in [7, 11) is 0. The van der Waals surface area contributed by atoms with Crippen LogP contribution < -0.4 is 10.6 Å². The van der Waals surface area contributed by atoms with Crippen molar-refractivity contribution in [3.05, 3.63) is 64.9 Å². The molecule has 6 heteroatoms. The van der Waals surface area contributed by atoms with Gasteiger partial charge in [0.1, 0.15) is 5.82 Å². The molecule has 2 aromatic rings. The van der Waals surface area contributed by atoms with E-state index in [-0.39, 0.29) is 10.7 Å². The van der Waals surface area contributed by atoms with Crippen LogP contribution in [0.2, 0.25) is 5.02 Å². The van der Waals surface area contributed by atoms with Crippen LogP contribution in [0.25, 0.3) is 0 Å². The fourth-order valence-corrected chi connectivity index (χ4v) is 1.97. The number of rotatable bonds is 4. The molecule has 0 bridgehead atoms. The molecule has 0 aromatic heterocycles. The molecule has 114 valence electrons. The Morgan fingerprint density at radius 3 is 2.45 bits per heavy atom. The van der Waals surface area contributed by atoms with E-state index in [1.165, 1.54) is 12.1 Å². The smallest absolute Gasteiger partial charge is 0.313 e. The van der Waals surface area contributed by atoms with Gasteiger partial charge >= 0.3 is 11.8 Å². The molecule has 0 fully saturated rings. The van der Waals surface area contributed by atoms with Crippen molar-refractivity contribution in [3.63, 3.8) is 0 Å². The van der Waals surface area contributed by atoms with Crippen molar-refractivity contribution in [2.75, 3.05) is 11.9 Å². The summed E-state index contributed by atoms with van der Waals surface area (Å²) in [5, 5.41) is 4.89. The molecule has 0 spiro atoms. The summed E-state index contributed by atoms with van der Waals surface area (Å²) in [5.74, 6) is -2.43. The van der Waals surface area contributed by atoms with Gasteiger partial charge in [0.15, 0.2) is 0 Å². The van der Waals surface area contributed by atoms with Gasteiger partial charge in [-0.3, -0.25) is 9.59 Å². The highest BCUT2D eigenvalue weighted by molar-refractivity contribution is 6.39. The van der Waals surface area contributed by atoms with E-state index in [1.807, 2.05) is 30.3 Å². The Kier molecular flexibility index (Phi) is 5.49. The van der Waals surface area contributed by atoms with Crippen molar-refractivity contribution < 1.29 is 14.0 Å². The molecule has 2 amide bonds. The quantitative estimate of drug-likeness (QED) is 0.851. The number of halogens is 2. The Balaban J connectivity index is 1.83. The molecular weight excluding hydrogens is 307 g/mol. The van der Waals surface area contributed by atoms with E-state index in [4.69, 9.17) is 11.6 Å². The number of amides is 2. The van der Waals surface area contributed by atoms with E-state index in [1.54, 1.807) is 0 Å². The van der Waals surface area contributed by atoms with Crippen molar-refractivity contribution >= 4 is 29.1 Å². The van der Waals surface area contributed by atoms with Crippen LogP contribution in [-0.2, 0) is 16.0 Å². The molecule has 0 atom stereocenters. The highest BCUT2D eigenvalue weighted by atomic mass is 35.5. The third kappa shape index (κ3) is 4.56. The molecule has 0 saturated heterocycles. The van der Waals surface area contributed by atoms with Crippen molar-refractivity contribution in [3.8, 4) is 0 Å². The lowest BCUT2D eigenvalue weighted by Crippen LogP contribution is -2.36. The lowest BCUT2D eigenvalue weighted by Gasteiger charge is -2.07. The topological polar surface area (TPSA) is 58.2 Å². The molecule has 22 heavy (non-hydrogen) atoms. The predicted molar refractivity (Wildman–Crippen MR) is 83.2 cm³/mol. The molecule has 2 aromatic carbocycles. The average Bonchev–Trinajstić information content (AvgIpc) is 2.51. The van der Waals surface area contributed by atoms with Gasteiger partial charge in [0, 0.05) is 11.6 Å². The van der Waals surface area contributed by atoms with Crippen molar-refractivity contribution in [1.29, 1.82) is 0 Å². The van der Waals surface area contributed by atoms with E-state index in [9.17, 15) is 14.0 Å². The van der Waals surface area contributed by atoms with Crippen molar-refractivity contribution in [2.24, 2.45) is 0 Å². The van der Waals surface area contributed by atoms with Crippen LogP contribution in [0.1, 0.15) is 5.56 Å². The van der Waals surface area contributed by atoms with Gasteiger partial charge in [-0.1, -0.05) is 41.9 Å². The molecule has 4 nitrogen and oxygen atoms in total. The number of hydrogen-bond acceptors (Lipinski definition) is 2. The van der Waals surface area contributed by atoms with E-state index in [0.29, 0.717) is 13.0 Å². The van der Waals surface area contributed by atoms with Crippen molar-refractivity contribution in [1.82, 2.24) is 5.32 Å². The van der Waals surface area contributed by atoms with E-state index in [2.05, 4.69) is 10.6 Å². The first-order valence-corrected chi connectivity index (χ1v) is 7.02. The lowest BCUT2D eigenvalue weighted by molar-refractivity contribution is -0.136. The largest absolute Gasteiger partial charge is 0.347 e. The van der Waals surface area contributed by atoms with Crippen molar-refractivity contribution in [2.45, 2.75) is 6.42 Å². The Labute approximate surface area is 132 Å². The second-order valence-corrected chi connectivity index (χ2v) is 5.01. The van der Waals surface area contributed by atoms with Gasteiger partial charge in [-0.25, -0.2) is 4.39 Å². The Morgan fingerprint density at radius 2 is 1.77 bits per heavy atom. The van der Waals surface area contributed by atoms with Gasteiger partial charge in [0.2, 0.25) is 0 Å². The minimum absolute atomic E-state index is 0.0902. The number of anilines is 1. The highest BCUT2D eigenvalue weighted by Gasteiger charge is 2.15. The average molecular weight is 321 g/mol. The fourth-order valence-electron chi connectivity index (χ4n) is 1.82. The number of carbonyl (C=O) groups excluding carboxylic acids is 2. The van der Waals surface area contributed by atoms with Crippen LogP contribution in [-0.4, -0.2) is 18.4 Å². The minimum Gasteiger partial charge on any atom is -0.347 e. The molecule has 0 saturated carbocycles.